The fraction of sp³-hybridized carbons (Fsp3) is 0.0455. The molecule has 4 rings (SSSR count). The number of carbonyl (C=O) groups is 1. The minimum absolute atomic E-state index is 0.0815. The second-order valence-electron chi connectivity index (χ2n) is 6.57. The Kier molecular flexibility index (Phi) is 6.15. The van der Waals surface area contributed by atoms with Gasteiger partial charge in [0, 0.05) is 22.8 Å². The van der Waals surface area contributed by atoms with E-state index < -0.39 is 15.9 Å². The van der Waals surface area contributed by atoms with Gasteiger partial charge in [0.05, 0.1) is 17.7 Å². The monoisotopic (exact) mass is 466 g/mol. The highest BCUT2D eigenvalue weighted by Gasteiger charge is 2.16. The van der Waals surface area contributed by atoms with Gasteiger partial charge in [0.15, 0.2) is 5.13 Å². The summed E-state index contributed by atoms with van der Waals surface area (Å²) in [6.45, 7) is 0. The number of hydrogen-bond donors (Lipinski definition) is 2. The first-order valence-corrected chi connectivity index (χ1v) is 11.8. The fourth-order valence-corrected chi connectivity index (χ4v) is 4.57. The Labute approximate surface area is 189 Å². The second-order valence-corrected chi connectivity index (χ2v) is 9.11. The van der Waals surface area contributed by atoms with Crippen LogP contribution in [-0.2, 0) is 10.0 Å². The van der Waals surface area contributed by atoms with Gasteiger partial charge in [-0.15, -0.1) is 11.3 Å². The van der Waals surface area contributed by atoms with Crippen molar-refractivity contribution in [1.82, 2.24) is 9.97 Å². The number of thiazole rings is 1. The molecule has 0 aliphatic rings. The highest BCUT2D eigenvalue weighted by molar-refractivity contribution is 7.92. The molecule has 10 heteroatoms. The van der Waals surface area contributed by atoms with Crippen molar-refractivity contribution in [2.24, 2.45) is 0 Å². The molecule has 0 atom stereocenters. The predicted octanol–water partition coefficient (Wildman–Crippen LogP) is 4.27. The fourth-order valence-electron chi connectivity index (χ4n) is 2.83. The van der Waals surface area contributed by atoms with Gasteiger partial charge >= 0.3 is 0 Å². The van der Waals surface area contributed by atoms with Gasteiger partial charge in [0.2, 0.25) is 0 Å². The molecule has 2 aromatic carbocycles. The number of carbonyl (C=O) groups excluding carboxylic acids is 1. The van der Waals surface area contributed by atoms with Crippen LogP contribution >= 0.6 is 11.3 Å². The molecule has 0 spiro atoms. The Hall–Kier alpha value is -3.76. The van der Waals surface area contributed by atoms with Gasteiger partial charge in [-0.2, -0.15) is 0 Å². The Morgan fingerprint density at radius 3 is 2.53 bits per heavy atom. The summed E-state index contributed by atoms with van der Waals surface area (Å²) in [6.07, 6.45) is 1.67. The van der Waals surface area contributed by atoms with Crippen LogP contribution in [0.5, 0.6) is 5.75 Å². The lowest BCUT2D eigenvalue weighted by atomic mass is 10.2. The lowest BCUT2D eigenvalue weighted by Gasteiger charge is -2.10. The number of rotatable bonds is 7. The van der Waals surface area contributed by atoms with Crippen molar-refractivity contribution in [1.29, 1.82) is 0 Å². The molecule has 32 heavy (non-hydrogen) atoms. The summed E-state index contributed by atoms with van der Waals surface area (Å²) < 4.78 is 32.8. The first kappa shape index (κ1) is 21.5. The zero-order chi connectivity index (χ0) is 22.6. The summed E-state index contributed by atoms with van der Waals surface area (Å²) in [6, 6.07) is 17.7. The molecular formula is C22H18N4O4S2. The predicted molar refractivity (Wildman–Crippen MR) is 124 cm³/mol. The van der Waals surface area contributed by atoms with E-state index in [2.05, 4.69) is 20.0 Å². The SMILES string of the molecule is COc1ccc(S(=O)(=O)Nc2cccc(C(=O)Nc3nc(-c4ccccn4)cs3)c2)cc1. The highest BCUT2D eigenvalue weighted by atomic mass is 32.2. The third-order valence-corrected chi connectivity index (χ3v) is 6.55. The summed E-state index contributed by atoms with van der Waals surface area (Å²) >= 11 is 1.28. The highest BCUT2D eigenvalue weighted by Crippen LogP contribution is 2.24. The van der Waals surface area contributed by atoms with Crippen molar-refractivity contribution >= 4 is 38.1 Å². The molecule has 0 radical (unpaired) electrons. The molecule has 0 bridgehead atoms. The molecule has 1 amide bonds. The molecule has 4 aromatic rings. The van der Waals surface area contributed by atoms with Gasteiger partial charge in [-0.25, -0.2) is 13.4 Å². The largest absolute Gasteiger partial charge is 0.497 e. The van der Waals surface area contributed by atoms with Gasteiger partial charge in [-0.1, -0.05) is 12.1 Å². The van der Waals surface area contributed by atoms with Crippen LogP contribution in [0.15, 0.2) is 83.2 Å². The molecule has 2 N–H and O–H groups in total. The van der Waals surface area contributed by atoms with Crippen molar-refractivity contribution < 1.29 is 17.9 Å². The van der Waals surface area contributed by atoms with Crippen LogP contribution in [0.1, 0.15) is 10.4 Å². The van der Waals surface area contributed by atoms with Crippen molar-refractivity contribution in [3.63, 3.8) is 0 Å². The maximum Gasteiger partial charge on any atom is 0.261 e. The summed E-state index contributed by atoms with van der Waals surface area (Å²) in [5, 5.41) is 4.95. The number of hydrogen-bond acceptors (Lipinski definition) is 7. The van der Waals surface area contributed by atoms with E-state index in [0.29, 0.717) is 22.3 Å². The number of sulfonamides is 1. The summed E-state index contributed by atoms with van der Waals surface area (Å²) in [5.74, 6) is 0.147. The van der Waals surface area contributed by atoms with Crippen molar-refractivity contribution in [2.45, 2.75) is 4.90 Å². The molecule has 2 heterocycles. The minimum atomic E-state index is -3.82. The maximum atomic E-state index is 12.7. The maximum absolute atomic E-state index is 12.7. The van der Waals surface area contributed by atoms with Crippen LogP contribution in [-0.4, -0.2) is 31.4 Å². The molecule has 162 valence electrons. The van der Waals surface area contributed by atoms with Crippen LogP contribution in [0, 0.1) is 0 Å². The molecule has 0 aliphatic heterocycles. The van der Waals surface area contributed by atoms with E-state index in [1.807, 2.05) is 18.2 Å². The smallest absolute Gasteiger partial charge is 0.261 e. The number of benzene rings is 2. The Bertz CT molecular complexity index is 1340. The number of ether oxygens (including phenoxy) is 1. The molecule has 0 saturated heterocycles. The summed E-state index contributed by atoms with van der Waals surface area (Å²) in [4.78, 5) is 21.4. The zero-order valence-electron chi connectivity index (χ0n) is 16.8. The summed E-state index contributed by atoms with van der Waals surface area (Å²) in [5.41, 5.74) is 1.92. The molecule has 0 aliphatic carbocycles. The average Bonchev–Trinajstić information content (AvgIpc) is 3.28. The number of aromatic nitrogens is 2. The van der Waals surface area contributed by atoms with Crippen molar-refractivity contribution in [2.75, 3.05) is 17.1 Å². The molecule has 8 nitrogen and oxygen atoms in total. The van der Waals surface area contributed by atoms with E-state index in [0.717, 1.165) is 0 Å². The van der Waals surface area contributed by atoms with Crippen molar-refractivity contribution in [3.8, 4) is 17.1 Å². The van der Waals surface area contributed by atoms with E-state index in [9.17, 15) is 13.2 Å². The lowest BCUT2D eigenvalue weighted by Crippen LogP contribution is -2.15. The number of anilines is 2. The van der Waals surface area contributed by atoms with Gasteiger partial charge in [0.25, 0.3) is 15.9 Å². The van der Waals surface area contributed by atoms with Crippen LogP contribution < -0.4 is 14.8 Å². The van der Waals surface area contributed by atoms with E-state index >= 15 is 0 Å². The van der Waals surface area contributed by atoms with E-state index in [1.54, 1.807) is 41.9 Å². The van der Waals surface area contributed by atoms with Crippen molar-refractivity contribution in [3.05, 3.63) is 83.9 Å². The molecule has 0 fully saturated rings. The number of methoxy groups -OCH3 is 1. The van der Waals surface area contributed by atoms with Gasteiger partial charge < -0.3 is 4.74 Å². The Balaban J connectivity index is 1.47. The Morgan fingerprint density at radius 1 is 1.00 bits per heavy atom. The number of nitrogens with zero attached hydrogens (tertiary/aromatic N) is 2. The normalized spacial score (nSPS) is 11.0. The average molecular weight is 467 g/mol. The van der Waals surface area contributed by atoms with E-state index in [-0.39, 0.29) is 16.1 Å². The van der Waals surface area contributed by atoms with Crippen LogP contribution in [0.25, 0.3) is 11.4 Å². The molecule has 0 unspecified atom stereocenters. The van der Waals surface area contributed by atoms with Gasteiger partial charge in [-0.3, -0.25) is 19.8 Å². The number of amides is 1. The quantitative estimate of drug-likeness (QED) is 0.421. The molecular weight excluding hydrogens is 448 g/mol. The van der Waals surface area contributed by atoms with E-state index in [1.165, 1.54) is 36.6 Å². The number of pyridine rings is 1. The Morgan fingerprint density at radius 2 is 1.81 bits per heavy atom. The van der Waals surface area contributed by atoms with E-state index in [4.69, 9.17) is 4.74 Å². The van der Waals surface area contributed by atoms with Crippen LogP contribution in [0.3, 0.4) is 0 Å². The lowest BCUT2D eigenvalue weighted by molar-refractivity contribution is 0.102. The number of nitrogens with one attached hydrogen (secondary N) is 2. The van der Waals surface area contributed by atoms with Crippen LogP contribution in [0.4, 0.5) is 10.8 Å². The summed E-state index contributed by atoms with van der Waals surface area (Å²) in [7, 11) is -2.32. The van der Waals surface area contributed by atoms with Gasteiger partial charge in [-0.05, 0) is 54.6 Å². The van der Waals surface area contributed by atoms with Gasteiger partial charge in [0.1, 0.15) is 11.4 Å². The minimum Gasteiger partial charge on any atom is -0.497 e. The second kappa shape index (κ2) is 9.16. The molecule has 0 saturated carbocycles. The third-order valence-electron chi connectivity index (χ3n) is 4.40. The first-order chi connectivity index (χ1) is 15.4. The van der Waals surface area contributed by atoms with Crippen LogP contribution in [0.2, 0.25) is 0 Å². The zero-order valence-corrected chi connectivity index (χ0v) is 18.5. The molecule has 2 aromatic heterocycles. The first-order valence-electron chi connectivity index (χ1n) is 9.40. The topological polar surface area (TPSA) is 110 Å². The standard InChI is InChI=1S/C22H18N4O4S2/c1-30-17-8-10-18(11-9-17)32(28,29)26-16-6-4-5-15(13-16)21(27)25-22-24-20(14-31-22)19-7-2-3-12-23-19/h2-14,26H,1H3,(H,24,25,27). The third kappa shape index (κ3) is 4.93.